The molecule has 3 unspecified atom stereocenters. The molecule has 1 saturated carbocycles. The molecule has 2 saturated heterocycles. The maximum Gasteiger partial charge on any atom is 0.407 e. The number of carbonyl (C=O) groups is 2. The van der Waals surface area contributed by atoms with Crippen molar-refractivity contribution in [3.63, 3.8) is 0 Å². The topological polar surface area (TPSA) is 64.1 Å². The average Bonchev–Trinajstić information content (AvgIpc) is 3.03. The SMILES string of the molecule is CCC1C(N2CCC(N(C=O)CC)CC2)CC12CCN(C(=O)O)C2. The van der Waals surface area contributed by atoms with E-state index in [1.54, 1.807) is 4.90 Å². The van der Waals surface area contributed by atoms with Crippen molar-refractivity contribution in [2.75, 3.05) is 32.7 Å². The number of carbonyl (C=O) groups excluding carboxylic acids is 1. The maximum absolute atomic E-state index is 11.2. The Morgan fingerprint density at radius 1 is 1.29 bits per heavy atom. The second kappa shape index (κ2) is 6.90. The predicted molar refractivity (Wildman–Crippen MR) is 91.9 cm³/mol. The minimum Gasteiger partial charge on any atom is -0.465 e. The molecular formula is C18H31N3O3. The molecule has 2 heterocycles. The van der Waals surface area contributed by atoms with Crippen molar-refractivity contribution in [1.29, 1.82) is 0 Å². The Balaban J connectivity index is 1.56. The van der Waals surface area contributed by atoms with E-state index in [-0.39, 0.29) is 5.41 Å². The summed E-state index contributed by atoms with van der Waals surface area (Å²) in [5.41, 5.74) is 0.229. The standard InChI is InChI=1S/C18H31N3O3/c1-3-15-16(11-18(15)7-10-21(12-18)17(23)24)20-8-5-14(6-9-20)19(4-2)13-22/h13-16H,3-12H2,1-2H3,(H,23,24). The Kier molecular flexibility index (Phi) is 5.04. The molecule has 2 amide bonds. The zero-order valence-corrected chi connectivity index (χ0v) is 15.0. The zero-order chi connectivity index (χ0) is 17.3. The van der Waals surface area contributed by atoms with E-state index < -0.39 is 6.09 Å². The van der Waals surface area contributed by atoms with Crippen LogP contribution in [0.5, 0.6) is 0 Å². The van der Waals surface area contributed by atoms with E-state index in [1.807, 2.05) is 11.8 Å². The largest absolute Gasteiger partial charge is 0.465 e. The normalized spacial score (nSPS) is 34.3. The van der Waals surface area contributed by atoms with Crippen molar-refractivity contribution < 1.29 is 14.7 Å². The van der Waals surface area contributed by atoms with Gasteiger partial charge in [0.1, 0.15) is 0 Å². The van der Waals surface area contributed by atoms with Crippen molar-refractivity contribution in [3.05, 3.63) is 0 Å². The summed E-state index contributed by atoms with van der Waals surface area (Å²) in [7, 11) is 0. The molecule has 6 nitrogen and oxygen atoms in total. The Morgan fingerprint density at radius 3 is 2.50 bits per heavy atom. The van der Waals surface area contributed by atoms with Crippen LogP contribution in [-0.2, 0) is 4.79 Å². The first-order valence-corrected chi connectivity index (χ1v) is 9.47. The van der Waals surface area contributed by atoms with Gasteiger partial charge in [-0.15, -0.1) is 0 Å². The lowest BCUT2D eigenvalue weighted by molar-refractivity contribution is -0.122. The third kappa shape index (κ3) is 2.89. The fourth-order valence-corrected chi connectivity index (χ4v) is 5.54. The summed E-state index contributed by atoms with van der Waals surface area (Å²) in [4.78, 5) is 28.5. The van der Waals surface area contributed by atoms with Gasteiger partial charge in [0.15, 0.2) is 0 Å². The van der Waals surface area contributed by atoms with E-state index in [0.717, 1.165) is 64.7 Å². The Bertz CT molecular complexity index is 478. The van der Waals surface area contributed by atoms with Crippen LogP contribution in [0, 0.1) is 11.3 Å². The zero-order valence-electron chi connectivity index (χ0n) is 15.0. The van der Waals surface area contributed by atoms with Crippen LogP contribution in [0.15, 0.2) is 0 Å². The van der Waals surface area contributed by atoms with Crippen LogP contribution in [0.25, 0.3) is 0 Å². The summed E-state index contributed by atoms with van der Waals surface area (Å²) >= 11 is 0. The highest BCUT2D eigenvalue weighted by Gasteiger charge is 2.57. The van der Waals surface area contributed by atoms with Crippen LogP contribution < -0.4 is 0 Å². The lowest BCUT2D eigenvalue weighted by Crippen LogP contribution is -2.62. The minimum atomic E-state index is -0.764. The van der Waals surface area contributed by atoms with Crippen LogP contribution in [0.3, 0.4) is 0 Å². The number of amides is 2. The van der Waals surface area contributed by atoms with E-state index in [2.05, 4.69) is 11.8 Å². The second-order valence-electron chi connectivity index (χ2n) is 7.81. The molecular weight excluding hydrogens is 306 g/mol. The smallest absolute Gasteiger partial charge is 0.407 e. The lowest BCUT2D eigenvalue weighted by atomic mass is 9.54. The fraction of sp³-hybridized carbons (Fsp3) is 0.889. The van der Waals surface area contributed by atoms with Crippen LogP contribution in [0.4, 0.5) is 4.79 Å². The summed E-state index contributed by atoms with van der Waals surface area (Å²) in [5.74, 6) is 0.617. The van der Waals surface area contributed by atoms with Gasteiger partial charge in [0.2, 0.25) is 6.41 Å². The van der Waals surface area contributed by atoms with Crippen LogP contribution >= 0.6 is 0 Å². The minimum absolute atomic E-state index is 0.229. The van der Waals surface area contributed by atoms with Gasteiger partial charge in [-0.1, -0.05) is 13.3 Å². The van der Waals surface area contributed by atoms with Gasteiger partial charge in [0.25, 0.3) is 0 Å². The molecule has 2 aliphatic heterocycles. The molecule has 3 fully saturated rings. The molecule has 0 aromatic carbocycles. The number of likely N-dealkylation sites (tertiary alicyclic amines) is 2. The molecule has 1 N–H and O–H groups in total. The number of carboxylic acid groups (broad SMARTS) is 1. The molecule has 0 aromatic rings. The van der Waals surface area contributed by atoms with E-state index in [9.17, 15) is 14.7 Å². The quantitative estimate of drug-likeness (QED) is 0.780. The van der Waals surface area contributed by atoms with Gasteiger partial charge in [-0.2, -0.15) is 0 Å². The molecule has 0 radical (unpaired) electrons. The van der Waals surface area contributed by atoms with E-state index in [4.69, 9.17) is 0 Å². The lowest BCUT2D eigenvalue weighted by Gasteiger charge is -2.58. The molecule has 0 aromatic heterocycles. The van der Waals surface area contributed by atoms with Gasteiger partial charge in [0.05, 0.1) is 0 Å². The van der Waals surface area contributed by atoms with Crippen molar-refractivity contribution in [3.8, 4) is 0 Å². The van der Waals surface area contributed by atoms with Gasteiger partial charge in [-0.05, 0) is 43.9 Å². The van der Waals surface area contributed by atoms with Gasteiger partial charge in [0, 0.05) is 44.8 Å². The number of nitrogens with zero attached hydrogens (tertiary/aromatic N) is 3. The van der Waals surface area contributed by atoms with E-state index >= 15 is 0 Å². The Labute approximate surface area is 144 Å². The maximum atomic E-state index is 11.2. The van der Waals surface area contributed by atoms with Crippen molar-refractivity contribution >= 4 is 12.5 Å². The molecule has 24 heavy (non-hydrogen) atoms. The van der Waals surface area contributed by atoms with Crippen molar-refractivity contribution in [2.24, 2.45) is 11.3 Å². The number of hydrogen-bond acceptors (Lipinski definition) is 3. The molecule has 136 valence electrons. The van der Waals surface area contributed by atoms with E-state index in [0.29, 0.717) is 24.5 Å². The van der Waals surface area contributed by atoms with Crippen LogP contribution in [-0.4, -0.2) is 77.1 Å². The first-order valence-electron chi connectivity index (χ1n) is 9.47. The third-order valence-electron chi connectivity index (χ3n) is 6.90. The van der Waals surface area contributed by atoms with Crippen LogP contribution in [0.1, 0.15) is 46.0 Å². The first kappa shape index (κ1) is 17.5. The predicted octanol–water partition coefficient (Wildman–Crippen LogP) is 2.10. The highest BCUT2D eigenvalue weighted by atomic mass is 16.4. The Morgan fingerprint density at radius 2 is 2.00 bits per heavy atom. The Hall–Kier alpha value is -1.30. The summed E-state index contributed by atoms with van der Waals surface area (Å²) < 4.78 is 0. The fourth-order valence-electron chi connectivity index (χ4n) is 5.54. The summed E-state index contributed by atoms with van der Waals surface area (Å²) in [6.45, 7) is 8.64. The third-order valence-corrected chi connectivity index (χ3v) is 6.90. The molecule has 0 bridgehead atoms. The molecule has 1 spiro atoms. The van der Waals surface area contributed by atoms with Crippen LogP contribution in [0.2, 0.25) is 0 Å². The number of piperidine rings is 1. The van der Waals surface area contributed by atoms with Crippen molar-refractivity contribution in [2.45, 2.75) is 58.0 Å². The molecule has 3 aliphatic rings. The average molecular weight is 337 g/mol. The van der Waals surface area contributed by atoms with Crippen molar-refractivity contribution in [1.82, 2.24) is 14.7 Å². The summed E-state index contributed by atoms with van der Waals surface area (Å²) in [5, 5.41) is 9.25. The molecule has 6 heteroatoms. The highest BCUT2D eigenvalue weighted by Crippen LogP contribution is 2.56. The number of rotatable bonds is 5. The van der Waals surface area contributed by atoms with Gasteiger partial charge < -0.3 is 14.9 Å². The molecule has 3 atom stereocenters. The summed E-state index contributed by atoms with van der Waals surface area (Å²) in [6, 6.07) is 1.00. The van der Waals surface area contributed by atoms with Gasteiger partial charge in [-0.25, -0.2) is 4.79 Å². The van der Waals surface area contributed by atoms with Gasteiger partial charge in [-0.3, -0.25) is 9.69 Å². The monoisotopic (exact) mass is 337 g/mol. The highest BCUT2D eigenvalue weighted by molar-refractivity contribution is 5.65. The molecule has 3 rings (SSSR count). The second-order valence-corrected chi connectivity index (χ2v) is 7.81. The first-order chi connectivity index (χ1) is 11.5. The van der Waals surface area contributed by atoms with Gasteiger partial charge >= 0.3 is 6.09 Å². The summed E-state index contributed by atoms with van der Waals surface area (Å²) in [6.07, 6.45) is 5.66. The van der Waals surface area contributed by atoms with E-state index in [1.165, 1.54) is 0 Å². The molecule has 1 aliphatic carbocycles. The number of hydrogen-bond donors (Lipinski definition) is 1.